The van der Waals surface area contributed by atoms with E-state index in [4.69, 9.17) is 4.74 Å². The molecular weight excluding hydrogens is 498 g/mol. The number of nitrogens with zero attached hydrogens (tertiary/aromatic N) is 5. The van der Waals surface area contributed by atoms with Crippen molar-refractivity contribution in [1.82, 2.24) is 30.2 Å². The van der Waals surface area contributed by atoms with Crippen molar-refractivity contribution < 1.29 is 14.3 Å². The van der Waals surface area contributed by atoms with Crippen molar-refractivity contribution in [3.05, 3.63) is 64.7 Å². The summed E-state index contributed by atoms with van der Waals surface area (Å²) >= 11 is 0. The molecule has 11 heteroatoms. The van der Waals surface area contributed by atoms with Gasteiger partial charge in [-0.3, -0.25) is 14.5 Å². The van der Waals surface area contributed by atoms with Gasteiger partial charge < -0.3 is 15.0 Å². The van der Waals surface area contributed by atoms with E-state index in [1.165, 1.54) is 6.07 Å². The summed E-state index contributed by atoms with van der Waals surface area (Å²) < 4.78 is 7.20. The lowest BCUT2D eigenvalue weighted by Gasteiger charge is -2.35. The molecule has 4 atom stereocenters. The van der Waals surface area contributed by atoms with E-state index in [2.05, 4.69) is 26.7 Å². The summed E-state index contributed by atoms with van der Waals surface area (Å²) in [6.45, 7) is 5.42. The standard InChI is InChI=1S/C28H31N7O4/c1-28(2,3)39-27(38)35-22-10-6-18(13-22)25(35)26(37)31-20(14-29)12-17-4-8-21(9-5-17)34-16-23(32-33-34)19-7-11-24(36)30-15-19/h4-5,7-9,11,15-16,18,20,22,25H,6,10,12-13H2,1-3H3,(H,30,36)(H,31,37)/t18-,20-,22+,25-/m0/s1. The number of aromatic amines is 1. The molecular formula is C28H31N7O4. The Kier molecular flexibility index (Phi) is 6.95. The molecule has 2 amide bonds. The van der Waals surface area contributed by atoms with Crippen LogP contribution in [0.1, 0.15) is 45.6 Å². The second-order valence-electron chi connectivity index (χ2n) is 11.1. The topological polar surface area (TPSA) is 146 Å². The summed E-state index contributed by atoms with van der Waals surface area (Å²) in [5.74, 6) is -0.238. The lowest BCUT2D eigenvalue weighted by Crippen LogP contribution is -2.55. The molecule has 1 aliphatic carbocycles. The summed E-state index contributed by atoms with van der Waals surface area (Å²) in [7, 11) is 0. The van der Waals surface area contributed by atoms with E-state index in [1.807, 2.05) is 24.3 Å². The molecule has 2 bridgehead atoms. The molecule has 39 heavy (non-hydrogen) atoms. The van der Waals surface area contributed by atoms with Crippen molar-refractivity contribution in [2.24, 2.45) is 5.92 Å². The van der Waals surface area contributed by atoms with Crippen LogP contribution in [0.15, 0.2) is 53.6 Å². The van der Waals surface area contributed by atoms with Gasteiger partial charge in [-0.1, -0.05) is 17.3 Å². The molecule has 2 N–H and O–H groups in total. The fourth-order valence-electron chi connectivity index (χ4n) is 5.40. The number of ether oxygens (including phenoxy) is 1. The van der Waals surface area contributed by atoms with Crippen LogP contribution in [0.5, 0.6) is 0 Å². The van der Waals surface area contributed by atoms with Gasteiger partial charge in [0.05, 0.1) is 18.0 Å². The molecule has 3 aromatic rings. The number of H-pyrrole nitrogens is 1. The Morgan fingerprint density at radius 2 is 1.97 bits per heavy atom. The first-order chi connectivity index (χ1) is 18.6. The van der Waals surface area contributed by atoms with Crippen molar-refractivity contribution >= 4 is 12.0 Å². The quantitative estimate of drug-likeness (QED) is 0.499. The number of amides is 2. The highest BCUT2D eigenvalue weighted by atomic mass is 16.6. The number of piperidine rings is 1. The molecule has 11 nitrogen and oxygen atoms in total. The molecule has 1 saturated carbocycles. The summed E-state index contributed by atoms with van der Waals surface area (Å²) in [6, 6.07) is 11.4. The fourth-order valence-corrected chi connectivity index (χ4v) is 5.40. The Hall–Kier alpha value is -4.46. The predicted molar refractivity (Wildman–Crippen MR) is 142 cm³/mol. The van der Waals surface area contributed by atoms with Crippen LogP contribution in [0.4, 0.5) is 4.79 Å². The monoisotopic (exact) mass is 529 g/mol. The number of carbonyl (C=O) groups excluding carboxylic acids is 2. The number of pyridine rings is 1. The van der Waals surface area contributed by atoms with Crippen LogP contribution in [0, 0.1) is 17.2 Å². The molecule has 0 spiro atoms. The van der Waals surface area contributed by atoms with E-state index in [1.54, 1.807) is 48.8 Å². The molecule has 0 radical (unpaired) electrons. The zero-order chi connectivity index (χ0) is 27.7. The molecule has 202 valence electrons. The van der Waals surface area contributed by atoms with Crippen LogP contribution in [0.2, 0.25) is 0 Å². The second-order valence-corrected chi connectivity index (χ2v) is 11.1. The van der Waals surface area contributed by atoms with Gasteiger partial charge in [-0.25, -0.2) is 9.48 Å². The van der Waals surface area contributed by atoms with E-state index in [9.17, 15) is 19.6 Å². The SMILES string of the molecule is CC(C)(C)OC(=O)N1[C@@H]2CC[C@@H](C2)[C@H]1C(=O)N[C@H](C#N)Cc1ccc(-n2cc(-c3ccc(=O)[nH]c3)nn2)cc1. The van der Waals surface area contributed by atoms with Gasteiger partial charge in [-0.05, 0) is 69.7 Å². The highest BCUT2D eigenvalue weighted by Crippen LogP contribution is 2.43. The number of rotatable bonds is 6. The molecule has 2 fully saturated rings. The van der Waals surface area contributed by atoms with Crippen LogP contribution >= 0.6 is 0 Å². The van der Waals surface area contributed by atoms with Crippen molar-refractivity contribution in [1.29, 1.82) is 5.26 Å². The first-order valence-corrected chi connectivity index (χ1v) is 13.0. The summed E-state index contributed by atoms with van der Waals surface area (Å²) in [4.78, 5) is 41.7. The number of carbonyl (C=O) groups is 2. The second kappa shape index (κ2) is 10.4. The van der Waals surface area contributed by atoms with E-state index in [0.29, 0.717) is 12.1 Å². The van der Waals surface area contributed by atoms with Crippen molar-refractivity contribution in [3.8, 4) is 23.0 Å². The molecule has 1 aliphatic heterocycles. The third-order valence-electron chi connectivity index (χ3n) is 7.14. The molecule has 0 unspecified atom stereocenters. The normalized spacial score (nSPS) is 20.9. The predicted octanol–water partition coefficient (Wildman–Crippen LogP) is 2.96. The Bertz CT molecular complexity index is 1440. The zero-order valence-corrected chi connectivity index (χ0v) is 22.1. The van der Waals surface area contributed by atoms with Crippen molar-refractivity contribution in [3.63, 3.8) is 0 Å². The van der Waals surface area contributed by atoms with Gasteiger partial charge in [0, 0.05) is 30.3 Å². The van der Waals surface area contributed by atoms with Crippen molar-refractivity contribution in [2.45, 2.75) is 70.2 Å². The van der Waals surface area contributed by atoms with Crippen LogP contribution in [-0.4, -0.2) is 60.6 Å². The largest absolute Gasteiger partial charge is 0.444 e. The minimum Gasteiger partial charge on any atom is -0.444 e. The molecule has 2 aliphatic rings. The Balaban J connectivity index is 1.23. The first-order valence-electron chi connectivity index (χ1n) is 13.0. The zero-order valence-electron chi connectivity index (χ0n) is 22.1. The van der Waals surface area contributed by atoms with E-state index < -0.39 is 23.8 Å². The number of benzene rings is 1. The maximum Gasteiger partial charge on any atom is 0.411 e. The van der Waals surface area contributed by atoms with E-state index in [-0.39, 0.29) is 23.4 Å². The summed E-state index contributed by atoms with van der Waals surface area (Å²) in [6.07, 6.45) is 5.70. The summed E-state index contributed by atoms with van der Waals surface area (Å²) in [5, 5.41) is 21.0. The lowest BCUT2D eigenvalue weighted by atomic mass is 9.97. The average molecular weight is 530 g/mol. The van der Waals surface area contributed by atoms with Gasteiger partial charge in [0.1, 0.15) is 23.4 Å². The minimum atomic E-state index is -0.749. The number of aromatic nitrogens is 4. The van der Waals surface area contributed by atoms with Gasteiger partial charge in [0.2, 0.25) is 11.5 Å². The number of hydrogen-bond acceptors (Lipinski definition) is 7. The van der Waals surface area contributed by atoms with Gasteiger partial charge in [-0.2, -0.15) is 5.26 Å². The van der Waals surface area contributed by atoms with Gasteiger partial charge >= 0.3 is 6.09 Å². The highest BCUT2D eigenvalue weighted by molar-refractivity contribution is 5.87. The molecule has 1 saturated heterocycles. The molecule has 3 heterocycles. The van der Waals surface area contributed by atoms with Crippen molar-refractivity contribution in [2.75, 3.05) is 0 Å². The van der Waals surface area contributed by atoms with Crippen LogP contribution < -0.4 is 10.9 Å². The highest BCUT2D eigenvalue weighted by Gasteiger charge is 2.52. The molecule has 2 aromatic heterocycles. The van der Waals surface area contributed by atoms with Crippen LogP contribution in [0.3, 0.4) is 0 Å². The number of likely N-dealkylation sites (tertiary alicyclic amines) is 1. The fraction of sp³-hybridized carbons (Fsp3) is 0.429. The number of hydrogen-bond donors (Lipinski definition) is 2. The average Bonchev–Trinajstić information content (AvgIpc) is 3.65. The van der Waals surface area contributed by atoms with E-state index in [0.717, 1.165) is 36.1 Å². The van der Waals surface area contributed by atoms with Gasteiger partial charge in [0.15, 0.2) is 0 Å². The Morgan fingerprint density at radius 3 is 2.64 bits per heavy atom. The maximum atomic E-state index is 13.3. The third-order valence-corrected chi connectivity index (χ3v) is 7.14. The molecule has 5 rings (SSSR count). The molecule has 1 aromatic carbocycles. The summed E-state index contributed by atoms with van der Waals surface area (Å²) in [5.41, 5.74) is 2.15. The van der Waals surface area contributed by atoms with Crippen LogP contribution in [-0.2, 0) is 16.0 Å². The Morgan fingerprint density at radius 1 is 1.21 bits per heavy atom. The van der Waals surface area contributed by atoms with Gasteiger partial charge in [0.25, 0.3) is 0 Å². The smallest absolute Gasteiger partial charge is 0.411 e. The lowest BCUT2D eigenvalue weighted by molar-refractivity contribution is -0.128. The number of nitrogens with one attached hydrogen (secondary N) is 2. The Labute approximate surface area is 225 Å². The number of nitriles is 1. The van der Waals surface area contributed by atoms with Gasteiger partial charge in [-0.15, -0.1) is 5.10 Å². The number of fused-ring (bicyclic) bond motifs is 2. The maximum absolute atomic E-state index is 13.3. The van der Waals surface area contributed by atoms with E-state index >= 15 is 0 Å². The first kappa shape index (κ1) is 26.2. The van der Waals surface area contributed by atoms with Crippen LogP contribution in [0.25, 0.3) is 16.9 Å². The minimum absolute atomic E-state index is 0.00448. The third kappa shape index (κ3) is 5.70.